The van der Waals surface area contributed by atoms with Crippen LogP contribution in [-0.2, 0) is 11.8 Å². The van der Waals surface area contributed by atoms with E-state index in [9.17, 15) is 5.11 Å². The molecule has 1 aliphatic heterocycles. The molecule has 2 aromatic rings. The third-order valence-corrected chi connectivity index (χ3v) is 6.26. The molecule has 2 aromatic carbocycles. The number of nitrogens with zero attached hydrogens (tertiary/aromatic N) is 2. The Morgan fingerprint density at radius 3 is 2.43 bits per heavy atom. The summed E-state index contributed by atoms with van der Waals surface area (Å²) in [6, 6.07) is 17.6. The third-order valence-electron chi connectivity index (χ3n) is 6.26. The monoisotopic (exact) mass is 405 g/mol. The quantitative estimate of drug-likeness (QED) is 0.530. The van der Waals surface area contributed by atoms with Gasteiger partial charge in [0.1, 0.15) is 0 Å². The van der Waals surface area contributed by atoms with Crippen LogP contribution in [0.15, 0.2) is 60.7 Å². The van der Waals surface area contributed by atoms with Crippen LogP contribution in [0.3, 0.4) is 0 Å². The van der Waals surface area contributed by atoms with Gasteiger partial charge in [-0.2, -0.15) is 4.58 Å². The average Bonchev–Trinajstić information content (AvgIpc) is 2.97. The molecule has 0 saturated carbocycles. The molecule has 0 unspecified atom stereocenters. The number of fused-ring (bicyclic) bond motifs is 1. The van der Waals surface area contributed by atoms with Gasteiger partial charge in [-0.3, -0.25) is 0 Å². The predicted molar refractivity (Wildman–Crippen MR) is 128 cm³/mol. The molecule has 0 fully saturated rings. The van der Waals surface area contributed by atoms with Crippen LogP contribution in [0.25, 0.3) is 0 Å². The van der Waals surface area contributed by atoms with E-state index < -0.39 is 0 Å². The number of aliphatic hydroxyl groups excluding tert-OH is 1. The summed E-state index contributed by atoms with van der Waals surface area (Å²) >= 11 is 0. The molecular formula is C27H37N2O+. The molecule has 1 heterocycles. The number of aryl methyl sites for hydroxylation is 1. The first-order valence-electron chi connectivity index (χ1n) is 11.4. The zero-order valence-electron chi connectivity index (χ0n) is 19.1. The van der Waals surface area contributed by atoms with Crippen molar-refractivity contribution in [1.29, 1.82) is 0 Å². The summed E-state index contributed by atoms with van der Waals surface area (Å²) in [7, 11) is 0. The standard InChI is InChI=1S/C27H37N2O/c1-5-28(6-2)23-17-18-25-24(21-23)27(3,4)26(29(25)19-12-20-30)16-11-10-15-22-13-8-7-9-14-22/h7-9,11,13-14,16-18,21,30H,5-6,10,12,15,19-20H2,1-4H3/q+1/b16-11+. The minimum Gasteiger partial charge on any atom is -0.396 e. The molecule has 0 atom stereocenters. The highest BCUT2D eigenvalue weighted by atomic mass is 16.3. The van der Waals surface area contributed by atoms with Crippen LogP contribution >= 0.6 is 0 Å². The van der Waals surface area contributed by atoms with Crippen LogP contribution in [0.1, 0.15) is 51.7 Å². The van der Waals surface area contributed by atoms with Gasteiger partial charge in [0, 0.05) is 49.5 Å². The lowest BCUT2D eigenvalue weighted by atomic mass is 9.81. The van der Waals surface area contributed by atoms with Crippen molar-refractivity contribution in [2.45, 2.75) is 52.4 Å². The fraction of sp³-hybridized carbons (Fsp3) is 0.444. The van der Waals surface area contributed by atoms with Crippen molar-refractivity contribution >= 4 is 17.1 Å². The zero-order valence-corrected chi connectivity index (χ0v) is 19.1. The first kappa shape index (κ1) is 22.3. The van der Waals surface area contributed by atoms with E-state index >= 15 is 0 Å². The number of hydrogen-bond acceptors (Lipinski definition) is 2. The van der Waals surface area contributed by atoms with E-state index in [1.165, 1.54) is 28.2 Å². The molecule has 0 bridgehead atoms. The fourth-order valence-corrected chi connectivity index (χ4v) is 4.51. The Labute approximate surface area is 182 Å². The Balaban J connectivity index is 1.89. The Morgan fingerprint density at radius 1 is 1.03 bits per heavy atom. The minimum atomic E-state index is -0.0583. The molecule has 0 aliphatic carbocycles. The Hall–Kier alpha value is -2.39. The van der Waals surface area contributed by atoms with Crippen molar-refractivity contribution in [1.82, 2.24) is 0 Å². The van der Waals surface area contributed by atoms with Crippen molar-refractivity contribution < 1.29 is 9.68 Å². The average molecular weight is 406 g/mol. The van der Waals surface area contributed by atoms with Crippen LogP contribution in [-0.4, -0.2) is 41.6 Å². The molecule has 3 nitrogen and oxygen atoms in total. The molecule has 0 amide bonds. The van der Waals surface area contributed by atoms with Gasteiger partial charge in [-0.1, -0.05) is 36.4 Å². The lowest BCUT2D eigenvalue weighted by Gasteiger charge is -2.23. The first-order valence-corrected chi connectivity index (χ1v) is 11.4. The summed E-state index contributed by atoms with van der Waals surface area (Å²) < 4.78 is 2.41. The second kappa shape index (κ2) is 10.1. The normalized spacial score (nSPS) is 15.1. The summed E-state index contributed by atoms with van der Waals surface area (Å²) in [5, 5.41) is 9.45. The second-order valence-corrected chi connectivity index (χ2v) is 8.54. The number of anilines is 1. The molecule has 0 aromatic heterocycles. The van der Waals surface area contributed by atoms with Gasteiger partial charge in [-0.25, -0.2) is 0 Å². The van der Waals surface area contributed by atoms with Crippen molar-refractivity contribution in [3.8, 4) is 0 Å². The van der Waals surface area contributed by atoms with E-state index in [1.807, 2.05) is 0 Å². The molecule has 3 rings (SSSR count). The van der Waals surface area contributed by atoms with Crippen LogP contribution in [0.5, 0.6) is 0 Å². The molecular weight excluding hydrogens is 368 g/mol. The van der Waals surface area contributed by atoms with Crippen LogP contribution < -0.4 is 4.90 Å². The summed E-state index contributed by atoms with van der Waals surface area (Å²) in [6.07, 6.45) is 7.48. The van der Waals surface area contributed by atoms with E-state index in [4.69, 9.17) is 0 Å². The zero-order chi connectivity index (χ0) is 21.6. The number of hydrogen-bond donors (Lipinski definition) is 1. The van der Waals surface area contributed by atoms with E-state index in [0.29, 0.717) is 0 Å². The van der Waals surface area contributed by atoms with Gasteiger partial charge in [-0.15, -0.1) is 0 Å². The van der Waals surface area contributed by atoms with Crippen molar-refractivity contribution in [2.24, 2.45) is 0 Å². The number of allylic oxidation sites excluding steroid dienone is 2. The Kier molecular flexibility index (Phi) is 7.49. The summed E-state index contributed by atoms with van der Waals surface area (Å²) in [5.74, 6) is 0. The SMILES string of the molecule is CCN(CC)c1ccc2c(c1)C(C)(C)C(/C=C/CCc1ccccc1)=[N+]2CCCO. The van der Waals surface area contributed by atoms with Gasteiger partial charge in [0.15, 0.2) is 12.3 Å². The Morgan fingerprint density at radius 2 is 1.77 bits per heavy atom. The van der Waals surface area contributed by atoms with E-state index in [1.54, 1.807) is 0 Å². The van der Waals surface area contributed by atoms with Gasteiger partial charge in [0.05, 0.1) is 5.41 Å². The summed E-state index contributed by atoms with van der Waals surface area (Å²) in [6.45, 7) is 12.2. The van der Waals surface area contributed by atoms with E-state index in [-0.39, 0.29) is 12.0 Å². The minimum absolute atomic E-state index is 0.0583. The molecule has 0 spiro atoms. The van der Waals surface area contributed by atoms with Crippen LogP contribution in [0.4, 0.5) is 11.4 Å². The lowest BCUT2D eigenvalue weighted by Crippen LogP contribution is -2.28. The highest BCUT2D eigenvalue weighted by molar-refractivity contribution is 6.03. The number of rotatable bonds is 10. The molecule has 3 heteroatoms. The van der Waals surface area contributed by atoms with Gasteiger partial charge in [0.2, 0.25) is 5.69 Å². The van der Waals surface area contributed by atoms with Crippen LogP contribution in [0, 0.1) is 0 Å². The fourth-order valence-electron chi connectivity index (χ4n) is 4.51. The first-order chi connectivity index (χ1) is 14.5. The van der Waals surface area contributed by atoms with Crippen LogP contribution in [0.2, 0.25) is 0 Å². The maximum absolute atomic E-state index is 9.45. The molecule has 1 aliphatic rings. The van der Waals surface area contributed by atoms with Gasteiger partial charge in [0.25, 0.3) is 0 Å². The molecule has 30 heavy (non-hydrogen) atoms. The third kappa shape index (κ3) is 4.67. The second-order valence-electron chi connectivity index (χ2n) is 8.54. The highest BCUT2D eigenvalue weighted by Gasteiger charge is 2.44. The van der Waals surface area contributed by atoms with Crippen molar-refractivity contribution in [3.05, 3.63) is 71.8 Å². The number of benzene rings is 2. The van der Waals surface area contributed by atoms with E-state index in [0.717, 1.165) is 38.9 Å². The maximum Gasteiger partial charge on any atom is 0.209 e. The number of aliphatic hydroxyl groups is 1. The van der Waals surface area contributed by atoms with Gasteiger partial charge < -0.3 is 10.0 Å². The molecule has 0 saturated heterocycles. The largest absolute Gasteiger partial charge is 0.396 e. The molecule has 0 radical (unpaired) electrons. The highest BCUT2D eigenvalue weighted by Crippen LogP contribution is 2.42. The van der Waals surface area contributed by atoms with Crippen molar-refractivity contribution in [3.63, 3.8) is 0 Å². The molecule has 1 N–H and O–H groups in total. The summed E-state index contributed by atoms with van der Waals surface area (Å²) in [4.78, 5) is 2.40. The lowest BCUT2D eigenvalue weighted by molar-refractivity contribution is -0.438. The Bertz CT molecular complexity index is 892. The van der Waals surface area contributed by atoms with E-state index in [2.05, 4.69) is 97.9 Å². The molecule has 160 valence electrons. The van der Waals surface area contributed by atoms with Gasteiger partial charge in [-0.05, 0) is 58.2 Å². The van der Waals surface area contributed by atoms with Gasteiger partial charge >= 0.3 is 0 Å². The van der Waals surface area contributed by atoms with Crippen molar-refractivity contribution in [2.75, 3.05) is 31.1 Å². The summed E-state index contributed by atoms with van der Waals surface area (Å²) in [5.41, 5.74) is 6.61. The predicted octanol–water partition coefficient (Wildman–Crippen LogP) is 5.48. The smallest absolute Gasteiger partial charge is 0.209 e. The maximum atomic E-state index is 9.45. The topological polar surface area (TPSA) is 26.5 Å².